The fourth-order valence-electron chi connectivity index (χ4n) is 1.21. The van der Waals surface area contributed by atoms with Crippen LogP contribution in [0.2, 0.25) is 0 Å². The molecule has 1 aromatic rings. The van der Waals surface area contributed by atoms with E-state index in [4.69, 9.17) is 0 Å². The topological polar surface area (TPSA) is 86.4 Å². The number of hydrogen-bond acceptors (Lipinski definition) is 5. The first-order valence-electron chi connectivity index (χ1n) is 6.00. The highest BCUT2D eigenvalue weighted by atomic mass is 32.1. The van der Waals surface area contributed by atoms with Crippen LogP contribution in [0.3, 0.4) is 0 Å². The lowest BCUT2D eigenvalue weighted by molar-refractivity contribution is 1.13. The minimum Gasteiger partial charge on any atom is -0.366 e. The van der Waals surface area contributed by atoms with Gasteiger partial charge in [-0.3, -0.25) is 4.98 Å². The van der Waals surface area contributed by atoms with Crippen LogP contribution >= 0.6 is 25.3 Å². The molecule has 9 heteroatoms. The van der Waals surface area contributed by atoms with Crippen molar-refractivity contribution in [2.75, 3.05) is 14.1 Å². The Morgan fingerprint density at radius 1 is 1.05 bits per heavy atom. The fraction of sp³-hybridized carbons (Fsp3) is 0.250. The number of thiol groups is 2. The molecule has 2 N–H and O–H groups in total. The summed E-state index contributed by atoms with van der Waals surface area (Å²) in [6.45, 7) is 1.78. The van der Waals surface area contributed by atoms with Crippen LogP contribution in [0, 0.1) is 0 Å². The molecule has 0 atom stereocenters. The lowest BCUT2D eigenvalue weighted by Gasteiger charge is -2.03. The van der Waals surface area contributed by atoms with E-state index >= 15 is 0 Å². The van der Waals surface area contributed by atoms with Gasteiger partial charge in [-0.25, -0.2) is 0 Å². The van der Waals surface area contributed by atoms with Crippen LogP contribution in [0.1, 0.15) is 12.5 Å². The predicted octanol–water partition coefficient (Wildman–Crippen LogP) is 1.17. The number of aromatic nitrogens is 1. The van der Waals surface area contributed by atoms with E-state index in [1.54, 1.807) is 33.4 Å². The first-order chi connectivity index (χ1) is 10.1. The molecule has 1 rings (SSSR count). The molecule has 1 heterocycles. The van der Waals surface area contributed by atoms with Crippen molar-refractivity contribution in [1.82, 2.24) is 15.6 Å². The number of pyridine rings is 1. The maximum absolute atomic E-state index is 4.15. The number of nitrogens with one attached hydrogen (secondary N) is 2. The average Bonchev–Trinajstić information content (AvgIpc) is 2.53. The molecule has 21 heavy (non-hydrogen) atoms. The summed E-state index contributed by atoms with van der Waals surface area (Å²) in [4.78, 5) is 4.06. The number of rotatable bonds is 4. The molecule has 0 aromatic carbocycles. The summed E-state index contributed by atoms with van der Waals surface area (Å²) in [6, 6.07) is 3.67. The molecule has 0 aliphatic heterocycles. The molecule has 0 radical (unpaired) electrons. The fourth-order valence-corrected chi connectivity index (χ4v) is 1.30. The second-order valence-corrected chi connectivity index (χ2v) is 4.57. The summed E-state index contributed by atoms with van der Waals surface area (Å²) in [5.41, 5.74) is 1.90. The molecule has 0 bridgehead atoms. The van der Waals surface area contributed by atoms with Gasteiger partial charge in [0.15, 0.2) is 10.3 Å². The van der Waals surface area contributed by atoms with E-state index in [0.29, 0.717) is 21.8 Å². The van der Waals surface area contributed by atoms with E-state index in [1.165, 1.54) is 0 Å². The Hall–Kier alpha value is -1.87. The molecule has 0 fully saturated rings. The molecular formula is C12H17N7S2. The molecule has 0 saturated heterocycles. The van der Waals surface area contributed by atoms with Crippen LogP contribution in [0.4, 0.5) is 0 Å². The third-order valence-corrected chi connectivity index (χ3v) is 2.89. The SMILES string of the molecule is CN/C(S)=N/N=C(C)/C(=N/N=C(\S)NC)c1cccnc1. The van der Waals surface area contributed by atoms with Crippen molar-refractivity contribution < 1.29 is 0 Å². The van der Waals surface area contributed by atoms with Gasteiger partial charge in [0.25, 0.3) is 0 Å². The third-order valence-electron chi connectivity index (χ3n) is 2.26. The molecule has 7 nitrogen and oxygen atoms in total. The number of amidine groups is 2. The Morgan fingerprint density at radius 2 is 1.67 bits per heavy atom. The maximum atomic E-state index is 4.15. The van der Waals surface area contributed by atoms with Gasteiger partial charge in [-0.2, -0.15) is 5.10 Å². The Morgan fingerprint density at radius 3 is 2.19 bits per heavy atom. The predicted molar refractivity (Wildman–Crippen MR) is 94.8 cm³/mol. The van der Waals surface area contributed by atoms with Crippen LogP contribution in [0.5, 0.6) is 0 Å². The first-order valence-corrected chi connectivity index (χ1v) is 6.90. The minimum atomic E-state index is 0.387. The van der Waals surface area contributed by atoms with Gasteiger partial charge in [-0.05, 0) is 19.1 Å². The van der Waals surface area contributed by atoms with E-state index in [0.717, 1.165) is 5.56 Å². The Balaban J connectivity index is 3.20. The Bertz CT molecular complexity index is 579. The number of nitrogens with zero attached hydrogens (tertiary/aromatic N) is 5. The molecule has 112 valence electrons. The van der Waals surface area contributed by atoms with Crippen LogP contribution in [-0.4, -0.2) is 40.8 Å². The second-order valence-electron chi connectivity index (χ2n) is 3.72. The third kappa shape index (κ3) is 5.96. The van der Waals surface area contributed by atoms with E-state index in [9.17, 15) is 0 Å². The highest BCUT2D eigenvalue weighted by Crippen LogP contribution is 2.03. The summed E-state index contributed by atoms with van der Waals surface area (Å²) in [5.74, 6) is 0. The van der Waals surface area contributed by atoms with Gasteiger partial charge in [0.05, 0.1) is 5.71 Å². The first kappa shape index (κ1) is 17.2. The summed E-state index contributed by atoms with van der Waals surface area (Å²) >= 11 is 8.20. The smallest absolute Gasteiger partial charge is 0.179 e. The minimum absolute atomic E-state index is 0.387. The molecule has 0 unspecified atom stereocenters. The Kier molecular flexibility index (Phi) is 7.48. The maximum Gasteiger partial charge on any atom is 0.179 e. The van der Waals surface area contributed by atoms with Crippen molar-refractivity contribution in [2.45, 2.75) is 6.92 Å². The summed E-state index contributed by atoms with van der Waals surface area (Å²) < 4.78 is 0. The molecule has 0 spiro atoms. The average molecular weight is 323 g/mol. The summed E-state index contributed by atoms with van der Waals surface area (Å²) in [6.07, 6.45) is 3.35. The van der Waals surface area contributed by atoms with Crippen molar-refractivity contribution >= 4 is 47.0 Å². The highest BCUT2D eigenvalue weighted by molar-refractivity contribution is 7.97. The van der Waals surface area contributed by atoms with Crippen LogP contribution in [0.15, 0.2) is 44.9 Å². The van der Waals surface area contributed by atoms with Gasteiger partial charge in [-0.1, -0.05) is 0 Å². The molecule has 0 aliphatic carbocycles. The van der Waals surface area contributed by atoms with Crippen LogP contribution in [0.25, 0.3) is 0 Å². The van der Waals surface area contributed by atoms with Crippen molar-refractivity contribution in [3.63, 3.8) is 0 Å². The zero-order chi connectivity index (χ0) is 15.7. The van der Waals surface area contributed by atoms with Crippen molar-refractivity contribution in [1.29, 1.82) is 0 Å². The van der Waals surface area contributed by atoms with Crippen molar-refractivity contribution in [3.8, 4) is 0 Å². The summed E-state index contributed by atoms with van der Waals surface area (Å²) in [7, 11) is 3.41. The lowest BCUT2D eigenvalue weighted by Crippen LogP contribution is -2.15. The number of hydrogen-bond donors (Lipinski definition) is 4. The van der Waals surface area contributed by atoms with Gasteiger partial charge in [0.2, 0.25) is 0 Å². The van der Waals surface area contributed by atoms with Gasteiger partial charge in [0.1, 0.15) is 5.71 Å². The largest absolute Gasteiger partial charge is 0.366 e. The van der Waals surface area contributed by atoms with E-state index in [1.807, 2.05) is 12.1 Å². The molecule has 0 amide bonds. The van der Waals surface area contributed by atoms with Gasteiger partial charge in [0, 0.05) is 32.1 Å². The molecule has 1 aromatic heterocycles. The monoisotopic (exact) mass is 323 g/mol. The molecule has 0 aliphatic rings. The standard InChI is InChI=1S/C12H17N7S2/c1-8(16-18-11(20)13-2)10(17-19-12(21)14-3)9-5-4-6-15-7-9/h4-7H,1-3H3,(H2,13,18,20)(H2,14,19,21)/b16-8+,17-10-. The van der Waals surface area contributed by atoms with E-state index < -0.39 is 0 Å². The highest BCUT2D eigenvalue weighted by Gasteiger charge is 2.08. The normalized spacial score (nSPS) is 14.1. The van der Waals surface area contributed by atoms with E-state index in [2.05, 4.69) is 61.3 Å². The zero-order valence-corrected chi connectivity index (χ0v) is 13.7. The van der Waals surface area contributed by atoms with Crippen LogP contribution < -0.4 is 10.6 Å². The Labute approximate surface area is 134 Å². The van der Waals surface area contributed by atoms with Crippen molar-refractivity contribution in [3.05, 3.63) is 30.1 Å². The van der Waals surface area contributed by atoms with E-state index in [-0.39, 0.29) is 0 Å². The zero-order valence-electron chi connectivity index (χ0n) is 11.9. The molecular weight excluding hydrogens is 306 g/mol. The quantitative estimate of drug-likeness (QED) is 0.290. The van der Waals surface area contributed by atoms with Gasteiger partial charge >= 0.3 is 0 Å². The lowest BCUT2D eigenvalue weighted by atomic mass is 10.1. The van der Waals surface area contributed by atoms with Crippen molar-refractivity contribution in [2.24, 2.45) is 20.4 Å². The molecule has 0 saturated carbocycles. The van der Waals surface area contributed by atoms with Gasteiger partial charge in [-0.15, -0.1) is 40.6 Å². The second kappa shape index (κ2) is 9.14. The van der Waals surface area contributed by atoms with Gasteiger partial charge < -0.3 is 10.6 Å². The van der Waals surface area contributed by atoms with Crippen LogP contribution in [-0.2, 0) is 0 Å². The summed E-state index contributed by atoms with van der Waals surface area (Å²) in [5, 5.41) is 22.4.